The molecule has 0 aliphatic carbocycles. The van der Waals surface area contributed by atoms with E-state index in [1.165, 1.54) is 12.0 Å². The van der Waals surface area contributed by atoms with E-state index < -0.39 is 12.7 Å². The number of hydrogen-bond acceptors (Lipinski definition) is 4. The fraction of sp³-hybridized carbons (Fsp3) is 0.462. The first-order valence-electron chi connectivity index (χ1n) is 6.24. The maximum atomic E-state index is 12.4. The van der Waals surface area contributed by atoms with Gasteiger partial charge < -0.3 is 15.7 Å². The van der Waals surface area contributed by atoms with Crippen LogP contribution in [0, 0.1) is 0 Å². The Morgan fingerprint density at radius 1 is 1.43 bits per heavy atom. The lowest BCUT2D eigenvalue weighted by Crippen LogP contribution is -2.33. The molecule has 0 unspecified atom stereocenters. The lowest BCUT2D eigenvalue weighted by Gasteiger charge is -2.22. The molecular weight excluding hydrogens is 287 g/mol. The van der Waals surface area contributed by atoms with Gasteiger partial charge in [-0.2, -0.15) is 13.2 Å². The zero-order valence-electron chi connectivity index (χ0n) is 11.8. The number of hydrogen-bond donors (Lipinski definition) is 2. The highest BCUT2D eigenvalue weighted by Crippen LogP contribution is 2.22. The smallest absolute Gasteiger partial charge is 0.401 e. The number of methoxy groups -OCH3 is 1. The average molecular weight is 305 g/mol. The molecule has 0 saturated carbocycles. The van der Waals surface area contributed by atoms with Gasteiger partial charge in [-0.05, 0) is 24.2 Å². The number of nitrogens with zero attached hydrogens (tertiary/aromatic N) is 2. The highest BCUT2D eigenvalue weighted by Gasteiger charge is 2.30. The Morgan fingerprint density at radius 2 is 2.10 bits per heavy atom. The van der Waals surface area contributed by atoms with Crippen molar-refractivity contribution in [3.8, 4) is 5.75 Å². The minimum Gasteiger partial charge on any atom is -0.496 e. The summed E-state index contributed by atoms with van der Waals surface area (Å²) in [5.41, 5.74) is 6.48. The zero-order chi connectivity index (χ0) is 16.0. The Hall–Kier alpha value is -1.96. The summed E-state index contributed by atoms with van der Waals surface area (Å²) < 4.78 is 42.4. The third kappa shape index (κ3) is 5.14. The second-order valence-electron chi connectivity index (χ2n) is 4.44. The molecule has 0 aliphatic rings. The van der Waals surface area contributed by atoms with Crippen LogP contribution in [0.1, 0.15) is 18.1 Å². The number of alkyl halides is 3. The van der Waals surface area contributed by atoms with Gasteiger partial charge >= 0.3 is 6.18 Å². The van der Waals surface area contributed by atoms with Crippen molar-refractivity contribution in [2.24, 2.45) is 10.9 Å². The van der Waals surface area contributed by atoms with Gasteiger partial charge in [0.2, 0.25) is 0 Å². The topological polar surface area (TPSA) is 71.1 Å². The van der Waals surface area contributed by atoms with E-state index in [4.69, 9.17) is 15.7 Å². The Morgan fingerprint density at radius 3 is 2.57 bits per heavy atom. The molecule has 0 atom stereocenters. The van der Waals surface area contributed by atoms with Crippen LogP contribution in [0.2, 0.25) is 0 Å². The lowest BCUT2D eigenvalue weighted by molar-refractivity contribution is -0.146. The maximum absolute atomic E-state index is 12.4. The van der Waals surface area contributed by atoms with Crippen molar-refractivity contribution in [1.82, 2.24) is 4.90 Å². The Labute approximate surface area is 120 Å². The van der Waals surface area contributed by atoms with Crippen LogP contribution in [0.5, 0.6) is 5.75 Å². The third-order valence-corrected chi connectivity index (χ3v) is 2.90. The van der Waals surface area contributed by atoms with Gasteiger partial charge in [-0.25, -0.2) is 0 Å². The first-order chi connectivity index (χ1) is 9.80. The van der Waals surface area contributed by atoms with Crippen molar-refractivity contribution in [3.63, 3.8) is 0 Å². The van der Waals surface area contributed by atoms with Gasteiger partial charge in [-0.15, -0.1) is 0 Å². The summed E-state index contributed by atoms with van der Waals surface area (Å²) in [7, 11) is 1.42. The summed E-state index contributed by atoms with van der Waals surface area (Å²) >= 11 is 0. The van der Waals surface area contributed by atoms with Gasteiger partial charge in [0, 0.05) is 6.54 Å². The summed E-state index contributed by atoms with van der Waals surface area (Å²) in [5, 5.41) is 11.6. The molecule has 0 aromatic heterocycles. The van der Waals surface area contributed by atoms with E-state index in [0.717, 1.165) is 0 Å². The van der Waals surface area contributed by atoms with E-state index in [0.29, 0.717) is 16.9 Å². The predicted molar refractivity (Wildman–Crippen MR) is 72.5 cm³/mol. The molecule has 0 bridgehead atoms. The molecule has 0 heterocycles. The molecule has 5 nitrogen and oxygen atoms in total. The summed E-state index contributed by atoms with van der Waals surface area (Å²) in [4.78, 5) is 1.25. The molecule has 0 aliphatic heterocycles. The van der Waals surface area contributed by atoms with Crippen molar-refractivity contribution in [1.29, 1.82) is 0 Å². The van der Waals surface area contributed by atoms with E-state index in [2.05, 4.69) is 5.16 Å². The average Bonchev–Trinajstić information content (AvgIpc) is 2.44. The molecule has 0 amide bonds. The molecule has 0 fully saturated rings. The maximum Gasteiger partial charge on any atom is 0.401 e. The van der Waals surface area contributed by atoms with Crippen LogP contribution >= 0.6 is 0 Å². The van der Waals surface area contributed by atoms with Crippen LogP contribution < -0.4 is 10.5 Å². The number of oxime groups is 1. The number of rotatable bonds is 6. The zero-order valence-corrected chi connectivity index (χ0v) is 11.8. The monoisotopic (exact) mass is 305 g/mol. The van der Waals surface area contributed by atoms with Crippen LogP contribution in [-0.2, 0) is 6.54 Å². The second kappa shape index (κ2) is 7.16. The van der Waals surface area contributed by atoms with Crippen LogP contribution in [0.15, 0.2) is 23.4 Å². The lowest BCUT2D eigenvalue weighted by atomic mass is 10.1. The molecular formula is C13H18F3N3O2. The molecule has 8 heteroatoms. The molecule has 1 rings (SSSR count). The third-order valence-electron chi connectivity index (χ3n) is 2.90. The summed E-state index contributed by atoms with van der Waals surface area (Å²) in [6.07, 6.45) is -4.25. The number of benzene rings is 1. The van der Waals surface area contributed by atoms with Crippen LogP contribution in [0.4, 0.5) is 13.2 Å². The minimum absolute atomic E-state index is 0.103. The van der Waals surface area contributed by atoms with Crippen LogP contribution in [0.25, 0.3) is 0 Å². The minimum atomic E-state index is -4.25. The molecule has 1 aromatic carbocycles. The van der Waals surface area contributed by atoms with E-state index in [1.54, 1.807) is 25.1 Å². The van der Waals surface area contributed by atoms with Gasteiger partial charge in [0.1, 0.15) is 5.75 Å². The first-order valence-corrected chi connectivity index (χ1v) is 6.24. The second-order valence-corrected chi connectivity index (χ2v) is 4.44. The van der Waals surface area contributed by atoms with Crippen molar-refractivity contribution in [2.45, 2.75) is 19.6 Å². The standard InChI is InChI=1S/C13H18F3N3O2/c1-3-19(8-13(14,15)16)7-9-4-5-11(21-2)10(6-9)12(17)18-20/h4-6,20H,3,7-8H2,1-2H3,(H2,17,18). The Balaban J connectivity index is 2.98. The first kappa shape index (κ1) is 17.1. The molecule has 3 N–H and O–H groups in total. The normalized spacial score (nSPS) is 12.8. The van der Waals surface area contributed by atoms with Crippen molar-refractivity contribution < 1.29 is 23.1 Å². The summed E-state index contributed by atoms with van der Waals surface area (Å²) in [6, 6.07) is 4.77. The number of halogens is 3. The van der Waals surface area contributed by atoms with Gasteiger partial charge in [0.25, 0.3) is 0 Å². The van der Waals surface area contributed by atoms with Crippen molar-refractivity contribution in [3.05, 3.63) is 29.3 Å². The van der Waals surface area contributed by atoms with Crippen molar-refractivity contribution in [2.75, 3.05) is 20.2 Å². The van der Waals surface area contributed by atoms with Crippen LogP contribution in [-0.4, -0.2) is 42.3 Å². The highest BCUT2D eigenvalue weighted by atomic mass is 19.4. The number of nitrogens with two attached hydrogens (primary N) is 1. The Bertz CT molecular complexity index is 504. The van der Waals surface area contributed by atoms with E-state index >= 15 is 0 Å². The molecule has 118 valence electrons. The molecule has 21 heavy (non-hydrogen) atoms. The molecule has 0 saturated heterocycles. The Kier molecular flexibility index (Phi) is 5.83. The van der Waals surface area contributed by atoms with Gasteiger partial charge in [0.05, 0.1) is 19.2 Å². The van der Waals surface area contributed by atoms with Crippen molar-refractivity contribution >= 4 is 5.84 Å². The van der Waals surface area contributed by atoms with E-state index in [1.807, 2.05) is 0 Å². The summed E-state index contributed by atoms with van der Waals surface area (Å²) in [6.45, 7) is 1.02. The molecule has 0 spiro atoms. The van der Waals surface area contributed by atoms with Crippen LogP contribution in [0.3, 0.4) is 0 Å². The SMILES string of the molecule is CCN(Cc1ccc(OC)c(C(N)=NO)c1)CC(F)(F)F. The van der Waals surface area contributed by atoms with E-state index in [-0.39, 0.29) is 18.9 Å². The molecule has 0 radical (unpaired) electrons. The van der Waals surface area contributed by atoms with Gasteiger partial charge in [0.15, 0.2) is 5.84 Å². The summed E-state index contributed by atoms with van der Waals surface area (Å²) in [5.74, 6) is 0.223. The van der Waals surface area contributed by atoms with Gasteiger partial charge in [-0.3, -0.25) is 4.90 Å². The fourth-order valence-electron chi connectivity index (χ4n) is 1.90. The number of ether oxygens (including phenoxy) is 1. The highest BCUT2D eigenvalue weighted by molar-refractivity contribution is 5.99. The largest absolute Gasteiger partial charge is 0.496 e. The molecule has 1 aromatic rings. The quantitative estimate of drug-likeness (QED) is 0.366. The predicted octanol–water partition coefficient (Wildman–Crippen LogP) is 2.17. The van der Waals surface area contributed by atoms with Gasteiger partial charge in [-0.1, -0.05) is 18.1 Å². The fourth-order valence-corrected chi connectivity index (χ4v) is 1.90. The van der Waals surface area contributed by atoms with E-state index in [9.17, 15) is 13.2 Å². The number of amidine groups is 1.